The Morgan fingerprint density at radius 2 is 1.64 bits per heavy atom. The van der Waals surface area contributed by atoms with Crippen LogP contribution in [0.25, 0.3) is 11.1 Å². The molecule has 0 unspecified atom stereocenters. The van der Waals surface area contributed by atoms with Gasteiger partial charge in [-0.05, 0) is 57.4 Å². The molecule has 4 nitrogen and oxygen atoms in total. The fourth-order valence-corrected chi connectivity index (χ4v) is 2.97. The molecule has 3 rings (SSSR count). The lowest BCUT2D eigenvalue weighted by atomic mass is 10.0. The second-order valence-corrected chi connectivity index (χ2v) is 6.65. The van der Waals surface area contributed by atoms with E-state index >= 15 is 0 Å². The smallest absolute Gasteiger partial charge is 0.262 e. The second-order valence-electron chi connectivity index (χ2n) is 5.79. The van der Waals surface area contributed by atoms with E-state index in [1.807, 2.05) is 24.3 Å². The molecule has 0 aliphatic rings. The first-order chi connectivity index (χ1) is 13.5. The number of nitrogens with zero attached hydrogens (tertiary/aromatic N) is 1. The summed E-state index contributed by atoms with van der Waals surface area (Å²) >= 11 is 3.01. The van der Waals surface area contributed by atoms with Gasteiger partial charge in [0.15, 0.2) is 12.4 Å². The first-order valence-corrected chi connectivity index (χ1v) is 8.93. The molecule has 1 amide bonds. The van der Waals surface area contributed by atoms with Crippen LogP contribution in [0.15, 0.2) is 65.1 Å². The van der Waals surface area contributed by atoms with Gasteiger partial charge in [-0.15, -0.1) is 0 Å². The summed E-state index contributed by atoms with van der Waals surface area (Å²) in [5.74, 6) is -1.75. The van der Waals surface area contributed by atoms with Crippen molar-refractivity contribution in [1.29, 1.82) is 5.26 Å². The molecule has 3 aromatic rings. The number of ether oxygens (including phenoxy) is 1. The zero-order valence-corrected chi connectivity index (χ0v) is 16.0. The Morgan fingerprint density at radius 1 is 1.04 bits per heavy atom. The Balaban J connectivity index is 1.60. The van der Waals surface area contributed by atoms with E-state index in [9.17, 15) is 13.6 Å². The third-order valence-corrected chi connectivity index (χ3v) is 4.47. The summed E-state index contributed by atoms with van der Waals surface area (Å²) < 4.78 is 32.3. The van der Waals surface area contributed by atoms with Crippen LogP contribution in [0.2, 0.25) is 0 Å². The highest BCUT2D eigenvalue weighted by Gasteiger charge is 2.13. The van der Waals surface area contributed by atoms with Gasteiger partial charge in [-0.2, -0.15) is 5.26 Å². The number of hydrogen-bond donors (Lipinski definition) is 1. The zero-order valence-electron chi connectivity index (χ0n) is 14.4. The molecule has 0 heterocycles. The molecule has 0 aliphatic carbocycles. The molecule has 140 valence electrons. The fourth-order valence-electron chi connectivity index (χ4n) is 2.47. The number of halogens is 3. The Labute approximate surface area is 168 Å². The topological polar surface area (TPSA) is 62.1 Å². The summed E-state index contributed by atoms with van der Waals surface area (Å²) in [4.78, 5) is 12.0. The second kappa shape index (κ2) is 8.63. The van der Waals surface area contributed by atoms with Crippen LogP contribution < -0.4 is 10.1 Å². The number of carbonyl (C=O) groups excluding carboxylic acids is 1. The average molecular weight is 443 g/mol. The third kappa shape index (κ3) is 4.72. The molecule has 0 spiro atoms. The van der Waals surface area contributed by atoms with Gasteiger partial charge in [0.05, 0.1) is 17.3 Å². The Hall–Kier alpha value is -3.24. The van der Waals surface area contributed by atoms with Crippen molar-refractivity contribution in [3.63, 3.8) is 0 Å². The van der Waals surface area contributed by atoms with Crippen molar-refractivity contribution in [2.45, 2.75) is 0 Å². The summed E-state index contributed by atoms with van der Waals surface area (Å²) in [5.41, 5.74) is 2.31. The van der Waals surface area contributed by atoms with Gasteiger partial charge in [0.1, 0.15) is 11.6 Å². The van der Waals surface area contributed by atoms with E-state index in [0.717, 1.165) is 17.2 Å². The van der Waals surface area contributed by atoms with Crippen LogP contribution in [0.3, 0.4) is 0 Å². The third-order valence-electron chi connectivity index (χ3n) is 3.84. The van der Waals surface area contributed by atoms with Crippen molar-refractivity contribution in [3.05, 3.63) is 82.3 Å². The van der Waals surface area contributed by atoms with Gasteiger partial charge in [-0.3, -0.25) is 4.79 Å². The minimum absolute atomic E-state index is 0.102. The van der Waals surface area contributed by atoms with E-state index in [2.05, 4.69) is 27.3 Å². The zero-order chi connectivity index (χ0) is 20.1. The first-order valence-electron chi connectivity index (χ1n) is 8.14. The normalized spacial score (nSPS) is 10.2. The van der Waals surface area contributed by atoms with Crippen LogP contribution in [-0.4, -0.2) is 12.5 Å². The minimum atomic E-state index is -0.882. The van der Waals surface area contributed by atoms with Crippen molar-refractivity contribution in [1.82, 2.24) is 0 Å². The van der Waals surface area contributed by atoms with E-state index in [4.69, 9.17) is 10.00 Å². The van der Waals surface area contributed by atoms with Crippen LogP contribution >= 0.6 is 15.9 Å². The number of carbonyl (C=O) groups is 1. The SMILES string of the molecule is N#Cc1ccc(-c2ccc(OCC(=O)Nc3c(F)cc(F)cc3Br)cc2)cc1. The largest absolute Gasteiger partial charge is 0.484 e. The fraction of sp³-hybridized carbons (Fsp3) is 0.0476. The van der Waals surface area contributed by atoms with Gasteiger partial charge >= 0.3 is 0 Å². The lowest BCUT2D eigenvalue weighted by Gasteiger charge is -2.10. The van der Waals surface area contributed by atoms with Gasteiger partial charge in [0.25, 0.3) is 5.91 Å². The molecule has 0 fully saturated rings. The first kappa shape index (κ1) is 19.5. The van der Waals surface area contributed by atoms with Crippen molar-refractivity contribution in [3.8, 4) is 22.9 Å². The number of anilines is 1. The number of rotatable bonds is 5. The van der Waals surface area contributed by atoms with Gasteiger partial charge in [0.2, 0.25) is 0 Å². The van der Waals surface area contributed by atoms with Crippen molar-refractivity contribution >= 4 is 27.5 Å². The van der Waals surface area contributed by atoms with E-state index in [1.54, 1.807) is 24.3 Å². The molecule has 3 aromatic carbocycles. The molecule has 0 bridgehead atoms. The molecular formula is C21H13BrF2N2O2. The maximum Gasteiger partial charge on any atom is 0.262 e. The number of hydrogen-bond acceptors (Lipinski definition) is 3. The average Bonchev–Trinajstić information content (AvgIpc) is 2.69. The monoisotopic (exact) mass is 442 g/mol. The van der Waals surface area contributed by atoms with Crippen LogP contribution in [0.4, 0.5) is 14.5 Å². The van der Waals surface area contributed by atoms with E-state index < -0.39 is 17.5 Å². The Morgan fingerprint density at radius 3 is 2.21 bits per heavy atom. The highest BCUT2D eigenvalue weighted by molar-refractivity contribution is 9.10. The summed E-state index contributed by atoms with van der Waals surface area (Å²) in [6, 6.07) is 18.0. The van der Waals surface area contributed by atoms with Crippen LogP contribution in [0, 0.1) is 23.0 Å². The predicted octanol–water partition coefficient (Wildman–Crippen LogP) is 5.28. The summed E-state index contributed by atoms with van der Waals surface area (Å²) in [6.45, 7) is -0.334. The molecule has 0 saturated carbocycles. The number of benzene rings is 3. The van der Waals surface area contributed by atoms with Crippen LogP contribution in [-0.2, 0) is 4.79 Å². The molecule has 0 aliphatic heterocycles. The van der Waals surface area contributed by atoms with Gasteiger partial charge in [0, 0.05) is 10.5 Å². The maximum absolute atomic E-state index is 13.7. The summed E-state index contributed by atoms with van der Waals surface area (Å²) in [7, 11) is 0. The number of nitriles is 1. The minimum Gasteiger partial charge on any atom is -0.484 e. The molecule has 7 heteroatoms. The lowest BCUT2D eigenvalue weighted by Crippen LogP contribution is -2.21. The maximum atomic E-state index is 13.7. The van der Waals surface area contributed by atoms with E-state index in [1.165, 1.54) is 0 Å². The molecule has 0 atom stereocenters. The van der Waals surface area contributed by atoms with Gasteiger partial charge in [-0.1, -0.05) is 24.3 Å². The predicted molar refractivity (Wildman–Crippen MR) is 105 cm³/mol. The highest BCUT2D eigenvalue weighted by atomic mass is 79.9. The molecule has 28 heavy (non-hydrogen) atoms. The van der Waals surface area contributed by atoms with Crippen LogP contribution in [0.5, 0.6) is 5.75 Å². The lowest BCUT2D eigenvalue weighted by molar-refractivity contribution is -0.118. The quantitative estimate of drug-likeness (QED) is 0.584. The van der Waals surface area contributed by atoms with Crippen LogP contribution in [0.1, 0.15) is 5.56 Å². The van der Waals surface area contributed by atoms with Crippen molar-refractivity contribution in [2.24, 2.45) is 0 Å². The number of amides is 1. The molecule has 0 saturated heterocycles. The van der Waals surface area contributed by atoms with Gasteiger partial charge < -0.3 is 10.1 Å². The molecule has 0 aromatic heterocycles. The summed E-state index contributed by atoms with van der Waals surface area (Å²) in [5, 5.41) is 11.2. The highest BCUT2D eigenvalue weighted by Crippen LogP contribution is 2.27. The number of nitrogens with one attached hydrogen (secondary N) is 1. The Bertz CT molecular complexity index is 1020. The van der Waals surface area contributed by atoms with Crippen molar-refractivity contribution < 1.29 is 18.3 Å². The van der Waals surface area contributed by atoms with E-state index in [0.29, 0.717) is 17.4 Å². The summed E-state index contributed by atoms with van der Waals surface area (Å²) in [6.07, 6.45) is 0. The van der Waals surface area contributed by atoms with Crippen molar-refractivity contribution in [2.75, 3.05) is 11.9 Å². The standard InChI is InChI=1S/C21H13BrF2N2O2/c22-18-9-16(23)10-19(24)21(18)26-20(27)12-28-17-7-5-15(6-8-17)14-3-1-13(11-25)2-4-14/h1-10H,12H2,(H,26,27). The van der Waals surface area contributed by atoms with Gasteiger partial charge in [-0.25, -0.2) is 8.78 Å². The molecular weight excluding hydrogens is 430 g/mol. The Kier molecular flexibility index (Phi) is 6.02. The van der Waals surface area contributed by atoms with E-state index in [-0.39, 0.29) is 16.8 Å². The molecule has 0 radical (unpaired) electrons. The molecule has 1 N–H and O–H groups in total.